The van der Waals surface area contributed by atoms with Gasteiger partial charge in [-0.3, -0.25) is 4.79 Å². The van der Waals surface area contributed by atoms with Crippen LogP contribution in [0.4, 0.5) is 9.59 Å². The third-order valence-corrected chi connectivity index (χ3v) is 3.86. The number of unbranched alkanes of at least 4 members (excludes halogenated alkanes) is 1. The highest BCUT2D eigenvalue weighted by atomic mass is 16.7. The van der Waals surface area contributed by atoms with Crippen molar-refractivity contribution in [1.29, 1.82) is 0 Å². The fraction of sp³-hybridized carbons (Fsp3) is 0.846. The molecule has 0 radical (unpaired) electrons. The van der Waals surface area contributed by atoms with Crippen molar-refractivity contribution in [3.8, 4) is 0 Å². The number of carbonyl (C=O) groups is 4. The number of carboxylic acid groups (broad SMARTS) is 1. The van der Waals surface area contributed by atoms with Crippen LogP contribution in [0.2, 0.25) is 0 Å². The van der Waals surface area contributed by atoms with Gasteiger partial charge in [-0.15, -0.1) is 0 Å². The highest BCUT2D eigenvalue weighted by Crippen LogP contribution is 2.11. The molecular formula is C26H54N2O10. The monoisotopic (exact) mass is 554 g/mol. The van der Waals surface area contributed by atoms with Gasteiger partial charge in [0.15, 0.2) is 6.29 Å². The minimum Gasteiger partial charge on any atom is -0.481 e. The highest BCUT2D eigenvalue weighted by molar-refractivity contribution is 5.68. The largest absolute Gasteiger partial charge is 0.481 e. The molecule has 0 aliphatic carbocycles. The second-order valence-corrected chi connectivity index (χ2v) is 10.1. The third kappa shape index (κ3) is 33.6. The molecule has 2 amide bonds. The topological polar surface area (TPSA) is 163 Å². The maximum Gasteiger partial charge on any atom is 0.410 e. The summed E-state index contributed by atoms with van der Waals surface area (Å²) in [5, 5.41) is 7.42. The fourth-order valence-corrected chi connectivity index (χ4v) is 2.36. The molecule has 0 aromatic heterocycles. The van der Waals surface area contributed by atoms with Gasteiger partial charge < -0.3 is 44.1 Å². The van der Waals surface area contributed by atoms with Gasteiger partial charge in [0.1, 0.15) is 17.5 Å². The number of amides is 2. The quantitative estimate of drug-likeness (QED) is 0.212. The summed E-state index contributed by atoms with van der Waals surface area (Å²) in [6.07, 6.45) is 2.78. The van der Waals surface area contributed by atoms with Gasteiger partial charge in [-0.1, -0.05) is 0 Å². The molecule has 0 spiro atoms. The number of nitrogens with zero attached hydrogens (tertiary/aromatic N) is 2. The number of hydrogen-bond donors (Lipinski definition) is 1. The van der Waals surface area contributed by atoms with Crippen molar-refractivity contribution >= 4 is 24.4 Å². The van der Waals surface area contributed by atoms with E-state index in [0.29, 0.717) is 39.1 Å². The zero-order valence-electron chi connectivity index (χ0n) is 25.4. The number of aliphatic carboxylic acids is 1. The Kier molecular flexibility index (Phi) is 26.6. The van der Waals surface area contributed by atoms with Gasteiger partial charge in [0.05, 0.1) is 0 Å². The zero-order valence-corrected chi connectivity index (χ0v) is 25.4. The Labute approximate surface area is 229 Å². The standard InChI is InChI=1S/C14H29NO4.C10H19NO3.C2H4O2.H2O/c1-7-17-12(18-8-2)10-9-11-15(6)13(16)19-14(3,4)5;1-10(2,3)14-9(13)11(4)7-5-6-8-12;1-2(3)4;/h12H,7-11H2,1-6H3;8H,5-7H2,1-4H3;1H3,(H,3,4);1H2. The van der Waals surface area contributed by atoms with Crippen molar-refractivity contribution in [2.75, 3.05) is 40.4 Å². The van der Waals surface area contributed by atoms with Crippen molar-refractivity contribution in [3.63, 3.8) is 0 Å². The smallest absolute Gasteiger partial charge is 0.410 e. The number of hydrogen-bond acceptors (Lipinski definition) is 8. The van der Waals surface area contributed by atoms with Crippen LogP contribution in [-0.4, -0.2) is 103 Å². The second-order valence-electron chi connectivity index (χ2n) is 10.1. The molecule has 0 fully saturated rings. The maximum atomic E-state index is 11.7. The van der Waals surface area contributed by atoms with Gasteiger partial charge in [-0.2, -0.15) is 0 Å². The van der Waals surface area contributed by atoms with Crippen LogP contribution in [-0.2, 0) is 28.5 Å². The van der Waals surface area contributed by atoms with E-state index < -0.39 is 17.2 Å². The molecular weight excluding hydrogens is 500 g/mol. The first-order chi connectivity index (χ1) is 16.9. The summed E-state index contributed by atoms with van der Waals surface area (Å²) >= 11 is 0. The number of ether oxygens (including phenoxy) is 4. The Balaban J connectivity index is -0.000000268. The zero-order chi connectivity index (χ0) is 29.7. The molecule has 0 aromatic rings. The number of aldehydes is 1. The maximum absolute atomic E-state index is 11.7. The molecule has 0 bridgehead atoms. The molecule has 0 saturated carbocycles. The summed E-state index contributed by atoms with van der Waals surface area (Å²) in [5.74, 6) is -0.833. The first kappa shape index (κ1) is 42.6. The van der Waals surface area contributed by atoms with Gasteiger partial charge in [-0.25, -0.2) is 9.59 Å². The molecule has 38 heavy (non-hydrogen) atoms. The molecule has 0 aromatic carbocycles. The lowest BCUT2D eigenvalue weighted by molar-refractivity contribution is -0.140. The SMILES string of the molecule is CC(=O)O.CCOC(CCCN(C)C(=O)OC(C)(C)C)OCC.CN(CCCC=O)C(=O)OC(C)(C)C.O. The first-order valence-corrected chi connectivity index (χ1v) is 12.6. The molecule has 0 rings (SSSR count). The fourth-order valence-electron chi connectivity index (χ4n) is 2.36. The lowest BCUT2D eigenvalue weighted by Gasteiger charge is -2.25. The van der Waals surface area contributed by atoms with E-state index in [0.717, 1.165) is 26.1 Å². The van der Waals surface area contributed by atoms with Crippen LogP contribution in [0.1, 0.15) is 88.0 Å². The Hall–Kier alpha value is -2.44. The van der Waals surface area contributed by atoms with E-state index in [2.05, 4.69) is 0 Å². The highest BCUT2D eigenvalue weighted by Gasteiger charge is 2.20. The molecule has 0 unspecified atom stereocenters. The minimum absolute atomic E-state index is 0. The summed E-state index contributed by atoms with van der Waals surface area (Å²) < 4.78 is 21.3. The van der Waals surface area contributed by atoms with Crippen LogP contribution in [0.25, 0.3) is 0 Å². The summed E-state index contributed by atoms with van der Waals surface area (Å²) in [6, 6.07) is 0. The molecule has 3 N–H and O–H groups in total. The number of carbonyl (C=O) groups excluding carboxylic acids is 3. The van der Waals surface area contributed by atoms with E-state index in [-0.39, 0.29) is 24.0 Å². The van der Waals surface area contributed by atoms with Crippen molar-refractivity contribution in [2.45, 2.75) is 105 Å². The van der Waals surface area contributed by atoms with E-state index in [1.54, 1.807) is 19.0 Å². The van der Waals surface area contributed by atoms with Gasteiger partial charge >= 0.3 is 12.2 Å². The summed E-state index contributed by atoms with van der Waals surface area (Å²) in [5.41, 5.74) is -0.916. The van der Waals surface area contributed by atoms with Crippen LogP contribution in [0.3, 0.4) is 0 Å². The van der Waals surface area contributed by atoms with Crippen LogP contribution in [0, 0.1) is 0 Å². The second kappa shape index (κ2) is 23.7. The van der Waals surface area contributed by atoms with E-state index in [9.17, 15) is 14.4 Å². The molecule has 228 valence electrons. The summed E-state index contributed by atoms with van der Waals surface area (Å²) in [7, 11) is 3.41. The Bertz CT molecular complexity index is 620. The van der Waals surface area contributed by atoms with Gasteiger partial charge in [0.2, 0.25) is 0 Å². The van der Waals surface area contributed by atoms with E-state index in [1.807, 2.05) is 55.4 Å². The predicted octanol–water partition coefficient (Wildman–Crippen LogP) is 4.13. The molecule has 0 heterocycles. The normalized spacial score (nSPS) is 10.5. The van der Waals surface area contributed by atoms with Crippen LogP contribution < -0.4 is 0 Å². The summed E-state index contributed by atoms with van der Waals surface area (Å²) in [6.45, 7) is 18.5. The van der Waals surface area contributed by atoms with Crippen molar-refractivity contribution < 1.29 is 48.7 Å². The molecule has 0 aliphatic rings. The third-order valence-electron chi connectivity index (χ3n) is 3.86. The summed E-state index contributed by atoms with van der Waals surface area (Å²) in [4.78, 5) is 45.2. The van der Waals surface area contributed by atoms with Gasteiger partial charge in [-0.05, 0) is 68.2 Å². The van der Waals surface area contributed by atoms with E-state index in [4.69, 9.17) is 28.8 Å². The first-order valence-electron chi connectivity index (χ1n) is 12.6. The number of rotatable bonds is 12. The van der Waals surface area contributed by atoms with Gasteiger partial charge in [0, 0.05) is 60.2 Å². The lowest BCUT2D eigenvalue weighted by atomic mass is 10.2. The van der Waals surface area contributed by atoms with Crippen LogP contribution in [0.5, 0.6) is 0 Å². The molecule has 0 aliphatic heterocycles. The molecule has 12 heteroatoms. The van der Waals surface area contributed by atoms with E-state index in [1.165, 1.54) is 4.90 Å². The van der Waals surface area contributed by atoms with Gasteiger partial charge in [0.25, 0.3) is 5.97 Å². The molecule has 0 saturated heterocycles. The Morgan fingerprint density at radius 1 is 0.816 bits per heavy atom. The predicted molar refractivity (Wildman–Crippen MR) is 146 cm³/mol. The molecule has 0 atom stereocenters. The van der Waals surface area contributed by atoms with E-state index >= 15 is 0 Å². The minimum atomic E-state index is -0.833. The average molecular weight is 555 g/mol. The Morgan fingerprint density at radius 2 is 1.16 bits per heavy atom. The van der Waals surface area contributed by atoms with Crippen molar-refractivity contribution in [1.82, 2.24) is 9.80 Å². The molecule has 12 nitrogen and oxygen atoms in total. The van der Waals surface area contributed by atoms with Crippen LogP contribution in [0.15, 0.2) is 0 Å². The lowest BCUT2D eigenvalue weighted by Crippen LogP contribution is -2.35. The van der Waals surface area contributed by atoms with Crippen molar-refractivity contribution in [2.24, 2.45) is 0 Å². The average Bonchev–Trinajstić information content (AvgIpc) is 2.71. The van der Waals surface area contributed by atoms with Crippen LogP contribution >= 0.6 is 0 Å². The number of carboxylic acids is 1. The van der Waals surface area contributed by atoms with Crippen molar-refractivity contribution in [3.05, 3.63) is 0 Å². The Morgan fingerprint density at radius 3 is 1.45 bits per heavy atom.